The number of hydrogen-bond donors (Lipinski definition) is 2. The quantitative estimate of drug-likeness (QED) is 0.600. The van der Waals surface area contributed by atoms with Crippen molar-refractivity contribution in [1.82, 2.24) is 15.3 Å². The lowest BCUT2D eigenvalue weighted by Gasteiger charge is -2.29. The van der Waals surface area contributed by atoms with Crippen molar-refractivity contribution in [2.45, 2.75) is 37.8 Å². The molecule has 6 nitrogen and oxygen atoms in total. The molecule has 154 valence electrons. The van der Waals surface area contributed by atoms with Gasteiger partial charge in [-0.25, -0.2) is 9.97 Å². The summed E-state index contributed by atoms with van der Waals surface area (Å²) >= 11 is 0. The average Bonchev–Trinajstić information content (AvgIpc) is 2.79. The van der Waals surface area contributed by atoms with Crippen LogP contribution >= 0.6 is 0 Å². The Morgan fingerprint density at radius 3 is 2.63 bits per heavy atom. The molecule has 4 rings (SSSR count). The van der Waals surface area contributed by atoms with Gasteiger partial charge in [-0.05, 0) is 57.0 Å². The van der Waals surface area contributed by atoms with Crippen molar-refractivity contribution in [1.29, 1.82) is 0 Å². The van der Waals surface area contributed by atoms with Gasteiger partial charge in [-0.3, -0.25) is 0 Å². The van der Waals surface area contributed by atoms with E-state index in [1.54, 1.807) is 7.11 Å². The van der Waals surface area contributed by atoms with E-state index in [0.29, 0.717) is 23.4 Å². The number of anilines is 2. The molecule has 1 heterocycles. The van der Waals surface area contributed by atoms with Crippen LogP contribution in [0.15, 0.2) is 42.7 Å². The summed E-state index contributed by atoms with van der Waals surface area (Å²) in [7, 11) is 3.67. The second-order valence-corrected chi connectivity index (χ2v) is 7.47. The van der Waals surface area contributed by atoms with Crippen LogP contribution in [0.3, 0.4) is 0 Å². The zero-order valence-electron chi connectivity index (χ0n) is 17.3. The lowest BCUT2D eigenvalue weighted by molar-refractivity contribution is 0.137. The number of terminal acetylenes is 1. The summed E-state index contributed by atoms with van der Waals surface area (Å²) in [6, 6.07) is 12.1. The highest BCUT2D eigenvalue weighted by atomic mass is 16.5. The van der Waals surface area contributed by atoms with Crippen LogP contribution in [0, 0.1) is 12.3 Å². The van der Waals surface area contributed by atoms with Crippen molar-refractivity contribution < 1.29 is 9.47 Å². The number of nitrogens with zero attached hydrogens (tertiary/aromatic N) is 2. The normalized spacial score (nSPS) is 18.6. The van der Waals surface area contributed by atoms with Gasteiger partial charge in [0, 0.05) is 28.7 Å². The maximum absolute atomic E-state index is 6.36. The van der Waals surface area contributed by atoms with Gasteiger partial charge in [-0.15, -0.1) is 6.42 Å². The topological polar surface area (TPSA) is 68.3 Å². The van der Waals surface area contributed by atoms with E-state index in [4.69, 9.17) is 15.9 Å². The molecule has 3 aromatic rings. The number of benzene rings is 2. The molecule has 30 heavy (non-hydrogen) atoms. The molecule has 2 N–H and O–H groups in total. The Labute approximate surface area is 177 Å². The second kappa shape index (κ2) is 9.02. The van der Waals surface area contributed by atoms with E-state index < -0.39 is 0 Å². The Hall–Kier alpha value is -3.30. The predicted octanol–water partition coefficient (Wildman–Crippen LogP) is 4.27. The standard InChI is InChI=1S/C24H26N4O2/c1-4-16-6-5-7-18(12-16)28-24-20-13-23(22(29-3)14-21(20)26-15-27-24)30-19-10-8-17(25-2)9-11-19/h1,5-7,12-15,17,19,25H,8-11H2,2-3H3,(H,26,27,28). The minimum Gasteiger partial charge on any atom is -0.493 e. The van der Waals surface area contributed by atoms with Gasteiger partial charge in [0.2, 0.25) is 0 Å². The van der Waals surface area contributed by atoms with Gasteiger partial charge >= 0.3 is 0 Å². The molecule has 1 aliphatic carbocycles. The fourth-order valence-corrected chi connectivity index (χ4v) is 3.89. The van der Waals surface area contributed by atoms with E-state index in [1.165, 1.54) is 6.33 Å². The lowest BCUT2D eigenvalue weighted by Crippen LogP contribution is -2.34. The molecular formula is C24H26N4O2. The summed E-state index contributed by atoms with van der Waals surface area (Å²) in [6.07, 6.45) is 11.5. The summed E-state index contributed by atoms with van der Waals surface area (Å²) in [4.78, 5) is 8.85. The van der Waals surface area contributed by atoms with Crippen LogP contribution in [0.1, 0.15) is 31.2 Å². The lowest BCUT2D eigenvalue weighted by atomic mass is 9.93. The smallest absolute Gasteiger partial charge is 0.162 e. The van der Waals surface area contributed by atoms with Crippen LogP contribution in [0.2, 0.25) is 0 Å². The zero-order valence-corrected chi connectivity index (χ0v) is 17.3. The summed E-state index contributed by atoms with van der Waals surface area (Å²) in [5.41, 5.74) is 2.46. The van der Waals surface area contributed by atoms with E-state index in [1.807, 2.05) is 43.4 Å². The van der Waals surface area contributed by atoms with Crippen molar-refractivity contribution in [2.24, 2.45) is 0 Å². The molecule has 0 unspecified atom stereocenters. The van der Waals surface area contributed by atoms with Crippen LogP contribution in [-0.2, 0) is 0 Å². The SMILES string of the molecule is C#Cc1cccc(Nc2ncnc3cc(OC)c(OC4CCC(NC)CC4)cc23)c1. The van der Waals surface area contributed by atoms with Crippen LogP contribution in [0.5, 0.6) is 11.5 Å². The van der Waals surface area contributed by atoms with Crippen LogP contribution < -0.4 is 20.1 Å². The minimum absolute atomic E-state index is 0.175. The maximum atomic E-state index is 6.36. The number of methoxy groups -OCH3 is 1. The number of hydrogen-bond acceptors (Lipinski definition) is 6. The first-order valence-electron chi connectivity index (χ1n) is 10.2. The molecule has 0 saturated heterocycles. The molecule has 1 aromatic heterocycles. The van der Waals surface area contributed by atoms with E-state index >= 15 is 0 Å². The van der Waals surface area contributed by atoms with Crippen molar-refractivity contribution >= 4 is 22.4 Å². The summed E-state index contributed by atoms with van der Waals surface area (Å²) < 4.78 is 11.9. The Morgan fingerprint density at radius 2 is 1.90 bits per heavy atom. The molecule has 0 radical (unpaired) electrons. The first kappa shape index (κ1) is 20.0. The van der Waals surface area contributed by atoms with Crippen molar-refractivity contribution in [2.75, 3.05) is 19.5 Å². The van der Waals surface area contributed by atoms with Gasteiger partial charge in [0.05, 0.1) is 18.7 Å². The number of aromatic nitrogens is 2. The van der Waals surface area contributed by atoms with Crippen molar-refractivity contribution in [3.05, 3.63) is 48.3 Å². The van der Waals surface area contributed by atoms with E-state index in [-0.39, 0.29) is 6.10 Å². The molecule has 2 aromatic carbocycles. The Balaban J connectivity index is 1.64. The molecule has 0 bridgehead atoms. The van der Waals surface area contributed by atoms with Crippen LogP contribution in [0.25, 0.3) is 10.9 Å². The largest absolute Gasteiger partial charge is 0.493 e. The molecule has 0 atom stereocenters. The van der Waals surface area contributed by atoms with E-state index in [2.05, 4.69) is 26.5 Å². The second-order valence-electron chi connectivity index (χ2n) is 7.47. The van der Waals surface area contributed by atoms with Gasteiger partial charge in [-0.1, -0.05) is 12.0 Å². The highest BCUT2D eigenvalue weighted by molar-refractivity contribution is 5.93. The third kappa shape index (κ3) is 4.32. The van der Waals surface area contributed by atoms with Gasteiger partial charge in [0.25, 0.3) is 0 Å². The average molecular weight is 402 g/mol. The molecule has 1 aliphatic rings. The Kier molecular flexibility index (Phi) is 6.01. The number of ether oxygens (including phenoxy) is 2. The van der Waals surface area contributed by atoms with Gasteiger partial charge in [-0.2, -0.15) is 0 Å². The predicted molar refractivity (Wildman–Crippen MR) is 119 cm³/mol. The van der Waals surface area contributed by atoms with E-state index in [9.17, 15) is 0 Å². The molecule has 0 spiro atoms. The third-order valence-electron chi connectivity index (χ3n) is 5.59. The monoisotopic (exact) mass is 402 g/mol. The highest BCUT2D eigenvalue weighted by Gasteiger charge is 2.23. The Bertz CT molecular complexity index is 1070. The van der Waals surface area contributed by atoms with Crippen molar-refractivity contribution in [3.63, 3.8) is 0 Å². The Morgan fingerprint density at radius 1 is 1.07 bits per heavy atom. The first-order valence-corrected chi connectivity index (χ1v) is 10.2. The molecule has 1 fully saturated rings. The maximum Gasteiger partial charge on any atom is 0.162 e. The zero-order chi connectivity index (χ0) is 20.9. The van der Waals surface area contributed by atoms with Crippen LogP contribution in [-0.4, -0.2) is 36.3 Å². The van der Waals surface area contributed by atoms with Crippen molar-refractivity contribution in [3.8, 4) is 23.8 Å². The number of rotatable bonds is 6. The third-order valence-corrected chi connectivity index (χ3v) is 5.59. The number of nitrogens with one attached hydrogen (secondary N) is 2. The summed E-state index contributed by atoms with van der Waals surface area (Å²) in [6.45, 7) is 0. The van der Waals surface area contributed by atoms with Crippen LogP contribution in [0.4, 0.5) is 11.5 Å². The highest BCUT2D eigenvalue weighted by Crippen LogP contribution is 2.36. The fourth-order valence-electron chi connectivity index (χ4n) is 3.89. The fraction of sp³-hybridized carbons (Fsp3) is 0.333. The molecule has 6 heteroatoms. The first-order chi connectivity index (χ1) is 14.7. The minimum atomic E-state index is 0.175. The molecular weight excluding hydrogens is 376 g/mol. The molecule has 0 amide bonds. The number of fused-ring (bicyclic) bond motifs is 1. The molecule has 1 saturated carbocycles. The summed E-state index contributed by atoms with van der Waals surface area (Å²) in [5.74, 6) is 4.74. The molecule has 0 aliphatic heterocycles. The van der Waals surface area contributed by atoms with Gasteiger partial charge in [0.15, 0.2) is 11.5 Å². The van der Waals surface area contributed by atoms with Gasteiger partial charge < -0.3 is 20.1 Å². The van der Waals surface area contributed by atoms with E-state index in [0.717, 1.165) is 47.8 Å². The summed E-state index contributed by atoms with van der Waals surface area (Å²) in [5, 5.41) is 7.57. The van der Waals surface area contributed by atoms with Gasteiger partial charge in [0.1, 0.15) is 12.1 Å².